The van der Waals surface area contributed by atoms with Crippen LogP contribution in [-0.4, -0.2) is 11.2 Å². The molecule has 1 aliphatic heterocycles. The molecule has 3 heteroatoms. The predicted octanol–water partition coefficient (Wildman–Crippen LogP) is 4.11. The molecule has 0 radical (unpaired) electrons. The van der Waals surface area contributed by atoms with Crippen LogP contribution in [0, 0.1) is 5.92 Å². The second kappa shape index (κ2) is 4.47. The van der Waals surface area contributed by atoms with Gasteiger partial charge in [0.15, 0.2) is 0 Å². The van der Waals surface area contributed by atoms with Crippen molar-refractivity contribution in [1.82, 2.24) is 0 Å². The van der Waals surface area contributed by atoms with Crippen LogP contribution >= 0.6 is 11.6 Å². The number of nitrogens with two attached hydrogens (primary N) is 1. The van der Waals surface area contributed by atoms with Crippen molar-refractivity contribution in [2.24, 2.45) is 11.7 Å². The third-order valence-electron chi connectivity index (χ3n) is 4.24. The lowest BCUT2D eigenvalue weighted by Crippen LogP contribution is -2.48. The fourth-order valence-corrected chi connectivity index (χ4v) is 3.71. The summed E-state index contributed by atoms with van der Waals surface area (Å²) in [6.45, 7) is 10.6. The van der Waals surface area contributed by atoms with Gasteiger partial charge in [-0.2, -0.15) is 0 Å². The average Bonchev–Trinajstić information content (AvgIpc) is 2.47. The van der Waals surface area contributed by atoms with Crippen LogP contribution in [0.3, 0.4) is 0 Å². The lowest BCUT2D eigenvalue weighted by molar-refractivity contribution is -0.0814. The molecule has 1 fully saturated rings. The van der Waals surface area contributed by atoms with Crippen molar-refractivity contribution in [3.05, 3.63) is 34.9 Å². The predicted molar refractivity (Wildman–Crippen MR) is 80.3 cm³/mol. The molecule has 106 valence electrons. The minimum atomic E-state index is -0.456. The summed E-state index contributed by atoms with van der Waals surface area (Å²) in [7, 11) is 0. The van der Waals surface area contributed by atoms with E-state index in [1.807, 2.05) is 24.3 Å². The molecule has 1 saturated heterocycles. The van der Waals surface area contributed by atoms with E-state index >= 15 is 0 Å². The Labute approximate surface area is 121 Å². The summed E-state index contributed by atoms with van der Waals surface area (Å²) < 4.78 is 6.17. The van der Waals surface area contributed by atoms with Gasteiger partial charge < -0.3 is 10.5 Å². The van der Waals surface area contributed by atoms with Crippen LogP contribution in [0.1, 0.15) is 46.6 Å². The fourth-order valence-electron chi connectivity index (χ4n) is 3.52. The largest absolute Gasteiger partial charge is 0.369 e. The van der Waals surface area contributed by atoms with E-state index in [4.69, 9.17) is 22.1 Å². The van der Waals surface area contributed by atoms with Crippen molar-refractivity contribution in [3.8, 4) is 0 Å². The summed E-state index contributed by atoms with van der Waals surface area (Å²) >= 11 is 6.10. The third kappa shape index (κ3) is 2.81. The van der Waals surface area contributed by atoms with Gasteiger partial charge in [0.25, 0.3) is 0 Å². The van der Waals surface area contributed by atoms with E-state index in [1.54, 1.807) is 0 Å². The van der Waals surface area contributed by atoms with Crippen LogP contribution in [0.4, 0.5) is 0 Å². The molecule has 1 aromatic carbocycles. The first-order valence-electron chi connectivity index (χ1n) is 6.80. The van der Waals surface area contributed by atoms with Gasteiger partial charge in [0.2, 0.25) is 0 Å². The molecular formula is C16H24ClNO. The van der Waals surface area contributed by atoms with Gasteiger partial charge in [0.1, 0.15) is 0 Å². The van der Waals surface area contributed by atoms with E-state index in [1.165, 1.54) is 0 Å². The minimum absolute atomic E-state index is 0.132. The van der Waals surface area contributed by atoms with Crippen LogP contribution in [0.15, 0.2) is 24.3 Å². The zero-order valence-corrected chi connectivity index (χ0v) is 13.2. The number of benzene rings is 1. The van der Waals surface area contributed by atoms with E-state index < -0.39 is 5.54 Å². The Morgan fingerprint density at radius 2 is 1.95 bits per heavy atom. The summed E-state index contributed by atoms with van der Waals surface area (Å²) in [5, 5.41) is 0.727. The highest BCUT2D eigenvalue weighted by Gasteiger charge is 2.52. The maximum atomic E-state index is 6.67. The Morgan fingerprint density at radius 3 is 2.42 bits per heavy atom. The van der Waals surface area contributed by atoms with E-state index in [9.17, 15) is 0 Å². The average molecular weight is 282 g/mol. The molecule has 1 heterocycles. The Kier molecular flexibility index (Phi) is 3.49. The normalized spacial score (nSPS) is 28.1. The van der Waals surface area contributed by atoms with Crippen molar-refractivity contribution in [3.63, 3.8) is 0 Å². The molecule has 1 aromatic rings. The van der Waals surface area contributed by atoms with Gasteiger partial charge in [0, 0.05) is 16.5 Å². The van der Waals surface area contributed by atoms with E-state index in [2.05, 4.69) is 34.6 Å². The number of halogens is 1. The number of hydrogen-bond acceptors (Lipinski definition) is 2. The maximum absolute atomic E-state index is 6.67. The Bertz CT molecular complexity index is 479. The van der Waals surface area contributed by atoms with Gasteiger partial charge in [-0.3, -0.25) is 0 Å². The Hall–Kier alpha value is -0.570. The molecule has 1 aliphatic rings. The molecule has 0 saturated carbocycles. The topological polar surface area (TPSA) is 35.2 Å². The zero-order valence-electron chi connectivity index (χ0n) is 12.5. The van der Waals surface area contributed by atoms with Gasteiger partial charge in [-0.25, -0.2) is 0 Å². The summed E-state index contributed by atoms with van der Waals surface area (Å²) in [6.07, 6.45) is 0.944. The van der Waals surface area contributed by atoms with Crippen LogP contribution in [0.25, 0.3) is 0 Å². The molecule has 2 unspecified atom stereocenters. The highest BCUT2D eigenvalue weighted by molar-refractivity contribution is 6.30. The standard InChI is InChI=1S/C16H24ClNO/c1-14(2)10-13(15(3,4)19-14)16(5,18)11-7-6-8-12(17)9-11/h6-9,13H,10,18H2,1-5H3. The van der Waals surface area contributed by atoms with Gasteiger partial charge in [-0.15, -0.1) is 0 Å². The van der Waals surface area contributed by atoms with E-state index in [-0.39, 0.29) is 17.1 Å². The highest BCUT2D eigenvalue weighted by atomic mass is 35.5. The van der Waals surface area contributed by atoms with Crippen molar-refractivity contribution in [1.29, 1.82) is 0 Å². The summed E-state index contributed by atoms with van der Waals surface area (Å²) in [5.41, 5.74) is 6.91. The first-order valence-corrected chi connectivity index (χ1v) is 7.17. The molecule has 0 spiro atoms. The van der Waals surface area contributed by atoms with Crippen LogP contribution in [-0.2, 0) is 10.3 Å². The summed E-state index contributed by atoms with van der Waals surface area (Å²) in [4.78, 5) is 0. The zero-order chi connectivity index (χ0) is 14.5. The Morgan fingerprint density at radius 1 is 1.32 bits per heavy atom. The molecule has 0 amide bonds. The third-order valence-corrected chi connectivity index (χ3v) is 4.48. The number of rotatable bonds is 2. The summed E-state index contributed by atoms with van der Waals surface area (Å²) in [5.74, 6) is 0.244. The van der Waals surface area contributed by atoms with Gasteiger partial charge in [-0.05, 0) is 58.7 Å². The van der Waals surface area contributed by atoms with Crippen molar-refractivity contribution in [2.45, 2.75) is 57.8 Å². The quantitative estimate of drug-likeness (QED) is 0.885. The first kappa shape index (κ1) is 14.8. The lowest BCUT2D eigenvalue weighted by Gasteiger charge is -2.39. The molecule has 0 aromatic heterocycles. The lowest BCUT2D eigenvalue weighted by atomic mass is 9.70. The molecule has 2 nitrogen and oxygen atoms in total. The van der Waals surface area contributed by atoms with Gasteiger partial charge in [0.05, 0.1) is 11.2 Å². The maximum Gasteiger partial charge on any atom is 0.0683 e. The van der Waals surface area contributed by atoms with Crippen molar-refractivity contribution < 1.29 is 4.74 Å². The smallest absolute Gasteiger partial charge is 0.0683 e. The molecule has 2 rings (SSSR count). The highest BCUT2D eigenvalue weighted by Crippen LogP contribution is 2.49. The molecular weight excluding hydrogens is 258 g/mol. The minimum Gasteiger partial charge on any atom is -0.369 e. The number of hydrogen-bond donors (Lipinski definition) is 1. The van der Waals surface area contributed by atoms with Crippen LogP contribution in [0.5, 0.6) is 0 Å². The monoisotopic (exact) mass is 281 g/mol. The number of ether oxygens (including phenoxy) is 1. The van der Waals surface area contributed by atoms with Crippen molar-refractivity contribution >= 4 is 11.6 Å². The van der Waals surface area contributed by atoms with E-state index in [0.29, 0.717) is 0 Å². The van der Waals surface area contributed by atoms with Gasteiger partial charge >= 0.3 is 0 Å². The molecule has 0 aliphatic carbocycles. The molecule has 2 N–H and O–H groups in total. The van der Waals surface area contributed by atoms with Crippen LogP contribution < -0.4 is 5.73 Å². The van der Waals surface area contributed by atoms with E-state index in [0.717, 1.165) is 17.0 Å². The SMILES string of the molecule is CC1(C)CC(C(C)(N)c2cccc(Cl)c2)C(C)(C)O1. The van der Waals surface area contributed by atoms with Gasteiger partial charge in [-0.1, -0.05) is 23.7 Å². The fraction of sp³-hybridized carbons (Fsp3) is 0.625. The first-order chi connectivity index (χ1) is 8.55. The second-order valence-electron chi connectivity index (χ2n) is 7.01. The second-order valence-corrected chi connectivity index (χ2v) is 7.45. The molecule has 0 bridgehead atoms. The van der Waals surface area contributed by atoms with Crippen molar-refractivity contribution in [2.75, 3.05) is 0 Å². The molecule has 19 heavy (non-hydrogen) atoms. The Balaban J connectivity index is 2.39. The summed E-state index contributed by atoms with van der Waals surface area (Å²) in [6, 6.07) is 7.84. The van der Waals surface area contributed by atoms with Crippen LogP contribution in [0.2, 0.25) is 5.02 Å². The molecule has 2 atom stereocenters.